The maximum absolute atomic E-state index is 5.49. The molecular weight excluding hydrogens is 252 g/mol. The van der Waals surface area contributed by atoms with Crippen LogP contribution in [0.15, 0.2) is 0 Å². The quantitative estimate of drug-likeness (QED) is 0.712. The fourth-order valence-corrected chi connectivity index (χ4v) is 3.49. The molecule has 4 heteroatoms. The molecule has 0 aliphatic carbocycles. The maximum Gasteiger partial charge on any atom is 0.0594 e. The average molecular weight is 284 g/mol. The Balaban J connectivity index is 1.76. The second-order valence-electron chi connectivity index (χ2n) is 6.34. The van der Waals surface area contributed by atoms with Gasteiger partial charge in [-0.3, -0.25) is 9.80 Å². The molecule has 0 N–H and O–H groups in total. The topological polar surface area (TPSA) is 24.9 Å². The number of ether oxygens (including phenoxy) is 2. The van der Waals surface area contributed by atoms with E-state index in [2.05, 4.69) is 23.6 Å². The van der Waals surface area contributed by atoms with Gasteiger partial charge < -0.3 is 9.47 Å². The van der Waals surface area contributed by atoms with E-state index in [1.54, 1.807) is 0 Å². The van der Waals surface area contributed by atoms with Gasteiger partial charge in [0.1, 0.15) is 0 Å². The van der Waals surface area contributed by atoms with Crippen molar-refractivity contribution in [2.45, 2.75) is 39.2 Å². The van der Waals surface area contributed by atoms with E-state index in [0.29, 0.717) is 0 Å². The van der Waals surface area contributed by atoms with Crippen LogP contribution in [0.2, 0.25) is 0 Å². The fraction of sp³-hybridized carbons (Fsp3) is 1.00. The zero-order valence-corrected chi connectivity index (χ0v) is 13.4. The van der Waals surface area contributed by atoms with Crippen molar-refractivity contribution in [3.05, 3.63) is 0 Å². The van der Waals surface area contributed by atoms with Crippen LogP contribution in [0.25, 0.3) is 0 Å². The minimum atomic E-state index is 0.750. The van der Waals surface area contributed by atoms with Gasteiger partial charge in [-0.15, -0.1) is 0 Å². The van der Waals surface area contributed by atoms with Gasteiger partial charge in [-0.2, -0.15) is 0 Å². The Bertz CT molecular complexity index is 251. The summed E-state index contributed by atoms with van der Waals surface area (Å²) < 4.78 is 10.9. The summed E-state index contributed by atoms with van der Waals surface area (Å²) in [4.78, 5) is 5.22. The van der Waals surface area contributed by atoms with Crippen LogP contribution >= 0.6 is 0 Å². The predicted octanol–water partition coefficient (Wildman–Crippen LogP) is 1.85. The Kier molecular flexibility index (Phi) is 7.28. The summed E-state index contributed by atoms with van der Waals surface area (Å²) in [5.41, 5.74) is 0. The Morgan fingerprint density at radius 1 is 0.950 bits per heavy atom. The Labute approximate surface area is 124 Å². The van der Waals surface area contributed by atoms with Crippen molar-refractivity contribution in [3.63, 3.8) is 0 Å². The summed E-state index contributed by atoms with van der Waals surface area (Å²) in [6.07, 6.45) is 3.94. The zero-order chi connectivity index (χ0) is 14.2. The van der Waals surface area contributed by atoms with Crippen LogP contribution in [-0.4, -0.2) is 75.0 Å². The molecule has 2 saturated heterocycles. The van der Waals surface area contributed by atoms with E-state index in [4.69, 9.17) is 9.47 Å². The fourth-order valence-electron chi connectivity index (χ4n) is 3.49. The lowest BCUT2D eigenvalue weighted by atomic mass is 9.96. The molecule has 0 amide bonds. The summed E-state index contributed by atoms with van der Waals surface area (Å²) in [7, 11) is 0. The molecule has 2 heterocycles. The first-order valence-electron chi connectivity index (χ1n) is 8.41. The molecular formula is C16H32N2O2. The van der Waals surface area contributed by atoms with E-state index in [0.717, 1.165) is 64.6 Å². The summed E-state index contributed by atoms with van der Waals surface area (Å²) in [6.45, 7) is 14.1. The SMILES string of the molecule is CCCC(CC(C)CN1CCOCC1)N1CCOCC1. The van der Waals surface area contributed by atoms with Gasteiger partial charge >= 0.3 is 0 Å². The van der Waals surface area contributed by atoms with Crippen molar-refractivity contribution in [3.8, 4) is 0 Å². The van der Waals surface area contributed by atoms with E-state index < -0.39 is 0 Å². The van der Waals surface area contributed by atoms with Crippen LogP contribution < -0.4 is 0 Å². The van der Waals surface area contributed by atoms with Gasteiger partial charge in [0.05, 0.1) is 26.4 Å². The number of morpholine rings is 2. The van der Waals surface area contributed by atoms with E-state index >= 15 is 0 Å². The normalized spacial score (nSPS) is 25.5. The molecule has 2 fully saturated rings. The number of nitrogens with zero attached hydrogens (tertiary/aromatic N) is 2. The maximum atomic E-state index is 5.49. The summed E-state index contributed by atoms with van der Waals surface area (Å²) in [6, 6.07) is 0.750. The Morgan fingerprint density at radius 3 is 2.15 bits per heavy atom. The van der Waals surface area contributed by atoms with E-state index in [-0.39, 0.29) is 0 Å². The van der Waals surface area contributed by atoms with Crippen molar-refractivity contribution in [1.82, 2.24) is 9.80 Å². The molecule has 0 saturated carbocycles. The van der Waals surface area contributed by atoms with Gasteiger partial charge in [0, 0.05) is 38.8 Å². The first-order valence-corrected chi connectivity index (χ1v) is 8.41. The summed E-state index contributed by atoms with van der Waals surface area (Å²) in [5.74, 6) is 0.771. The minimum Gasteiger partial charge on any atom is -0.379 e. The van der Waals surface area contributed by atoms with Gasteiger partial charge in [-0.05, 0) is 18.8 Å². The first kappa shape index (κ1) is 16.2. The third-order valence-corrected chi connectivity index (χ3v) is 4.53. The molecule has 2 unspecified atom stereocenters. The highest BCUT2D eigenvalue weighted by Crippen LogP contribution is 2.19. The molecule has 0 aromatic heterocycles. The standard InChI is InChI=1S/C16H32N2O2/c1-3-4-16(18-7-11-20-12-8-18)13-15(2)14-17-5-9-19-10-6-17/h15-16H,3-14H2,1-2H3. The van der Waals surface area contributed by atoms with Crippen LogP contribution in [0.5, 0.6) is 0 Å². The van der Waals surface area contributed by atoms with Crippen LogP contribution in [0.1, 0.15) is 33.1 Å². The highest BCUT2D eigenvalue weighted by molar-refractivity contribution is 4.77. The Morgan fingerprint density at radius 2 is 1.55 bits per heavy atom. The molecule has 4 nitrogen and oxygen atoms in total. The molecule has 0 spiro atoms. The lowest BCUT2D eigenvalue weighted by molar-refractivity contribution is 0.00392. The van der Waals surface area contributed by atoms with Crippen molar-refractivity contribution in [1.29, 1.82) is 0 Å². The van der Waals surface area contributed by atoms with Gasteiger partial charge in [0.15, 0.2) is 0 Å². The molecule has 2 aliphatic rings. The summed E-state index contributed by atoms with van der Waals surface area (Å²) >= 11 is 0. The van der Waals surface area contributed by atoms with Crippen LogP contribution in [-0.2, 0) is 9.47 Å². The molecule has 2 rings (SSSR count). The van der Waals surface area contributed by atoms with Crippen LogP contribution in [0.4, 0.5) is 0 Å². The van der Waals surface area contributed by atoms with Crippen molar-refractivity contribution in [2.24, 2.45) is 5.92 Å². The van der Waals surface area contributed by atoms with Crippen molar-refractivity contribution in [2.75, 3.05) is 59.2 Å². The predicted molar refractivity (Wildman–Crippen MR) is 82.1 cm³/mol. The minimum absolute atomic E-state index is 0.750. The Hall–Kier alpha value is -0.160. The highest BCUT2D eigenvalue weighted by atomic mass is 16.5. The van der Waals surface area contributed by atoms with Crippen LogP contribution in [0.3, 0.4) is 0 Å². The third kappa shape index (κ3) is 5.32. The van der Waals surface area contributed by atoms with Crippen molar-refractivity contribution < 1.29 is 9.47 Å². The smallest absolute Gasteiger partial charge is 0.0594 e. The molecule has 2 atom stereocenters. The van der Waals surface area contributed by atoms with E-state index in [9.17, 15) is 0 Å². The number of hydrogen-bond donors (Lipinski definition) is 0. The highest BCUT2D eigenvalue weighted by Gasteiger charge is 2.23. The summed E-state index contributed by atoms with van der Waals surface area (Å²) in [5, 5.41) is 0. The monoisotopic (exact) mass is 284 g/mol. The molecule has 0 aromatic carbocycles. The largest absolute Gasteiger partial charge is 0.379 e. The lowest BCUT2D eigenvalue weighted by Crippen LogP contribution is -2.45. The third-order valence-electron chi connectivity index (χ3n) is 4.53. The number of hydrogen-bond acceptors (Lipinski definition) is 4. The molecule has 0 radical (unpaired) electrons. The molecule has 0 aromatic rings. The van der Waals surface area contributed by atoms with Gasteiger partial charge in [-0.1, -0.05) is 20.3 Å². The molecule has 20 heavy (non-hydrogen) atoms. The van der Waals surface area contributed by atoms with Gasteiger partial charge in [0.2, 0.25) is 0 Å². The lowest BCUT2D eigenvalue weighted by Gasteiger charge is -2.37. The number of rotatable bonds is 7. The molecule has 2 aliphatic heterocycles. The molecule has 118 valence electrons. The zero-order valence-electron chi connectivity index (χ0n) is 13.4. The second-order valence-corrected chi connectivity index (χ2v) is 6.34. The van der Waals surface area contributed by atoms with E-state index in [1.165, 1.54) is 25.8 Å². The molecule has 0 bridgehead atoms. The van der Waals surface area contributed by atoms with Gasteiger partial charge in [-0.25, -0.2) is 0 Å². The van der Waals surface area contributed by atoms with E-state index in [1.807, 2.05) is 0 Å². The van der Waals surface area contributed by atoms with Gasteiger partial charge in [0.25, 0.3) is 0 Å². The average Bonchev–Trinajstić information content (AvgIpc) is 2.49. The second kappa shape index (κ2) is 8.98. The van der Waals surface area contributed by atoms with Crippen molar-refractivity contribution >= 4 is 0 Å². The van der Waals surface area contributed by atoms with Crippen LogP contribution in [0, 0.1) is 5.92 Å². The first-order chi connectivity index (χ1) is 9.79.